The van der Waals surface area contributed by atoms with Crippen LogP contribution >= 0.6 is 0 Å². The third-order valence-electron chi connectivity index (χ3n) is 13.9. The van der Waals surface area contributed by atoms with Crippen molar-refractivity contribution in [1.29, 1.82) is 0 Å². The van der Waals surface area contributed by atoms with E-state index >= 15 is 9.59 Å². The molecule has 2 amide bonds. The molecule has 4 saturated carbocycles. The maximum atomic E-state index is 15.2. The van der Waals surface area contributed by atoms with Crippen molar-refractivity contribution in [3.05, 3.63) is 132 Å². The summed E-state index contributed by atoms with van der Waals surface area (Å²) >= 11 is 0. The number of Topliss-reactive ketones (excluding diaryl/α,β-unsaturated/α-hetero) is 1. The van der Waals surface area contributed by atoms with Gasteiger partial charge in [-0.1, -0.05) is 122 Å². The van der Waals surface area contributed by atoms with E-state index in [2.05, 4.69) is 72.8 Å². The smallest absolute Gasteiger partial charge is 0.242 e. The molecule has 0 saturated heterocycles. The van der Waals surface area contributed by atoms with E-state index in [4.69, 9.17) is 11.5 Å². The van der Waals surface area contributed by atoms with Gasteiger partial charge in [0.25, 0.3) is 0 Å². The van der Waals surface area contributed by atoms with Gasteiger partial charge in [0.05, 0.1) is 12.6 Å². The average molecular weight is 791 g/mol. The van der Waals surface area contributed by atoms with Crippen LogP contribution in [0.25, 0.3) is 21.5 Å². The summed E-state index contributed by atoms with van der Waals surface area (Å²) in [5.41, 5.74) is 15.5. The summed E-state index contributed by atoms with van der Waals surface area (Å²) in [6, 6.07) is 38.8. The Labute approximate surface area is 350 Å². The molecule has 7 heteroatoms. The molecular weight excluding hydrogens is 729 g/mol. The summed E-state index contributed by atoms with van der Waals surface area (Å²) in [7, 11) is 0. The van der Waals surface area contributed by atoms with Crippen LogP contribution in [-0.2, 0) is 33.9 Å². The fraction of sp³-hybridized carbons (Fsp3) is 0.442. The van der Waals surface area contributed by atoms with Crippen LogP contribution in [0.2, 0.25) is 0 Å². The summed E-state index contributed by atoms with van der Waals surface area (Å²) < 4.78 is 0. The molecule has 4 N–H and O–H groups in total. The fourth-order valence-electron chi connectivity index (χ4n) is 11.5. The van der Waals surface area contributed by atoms with Crippen molar-refractivity contribution in [2.75, 3.05) is 19.6 Å². The van der Waals surface area contributed by atoms with Crippen LogP contribution < -0.4 is 11.5 Å². The molecule has 0 aliphatic heterocycles. The fourth-order valence-corrected chi connectivity index (χ4v) is 11.5. The highest BCUT2D eigenvalue weighted by Crippen LogP contribution is 2.61. The number of fused-ring (bicyclic) bond motifs is 2. The lowest BCUT2D eigenvalue weighted by atomic mass is 9.49. The quantitative estimate of drug-likeness (QED) is 0.0811. The predicted octanol–water partition coefficient (Wildman–Crippen LogP) is 9.23. The average Bonchev–Trinajstić information content (AvgIpc) is 3.23. The molecule has 0 unspecified atom stereocenters. The molecule has 9 rings (SSSR count). The molecule has 4 fully saturated rings. The molecule has 0 spiro atoms. The van der Waals surface area contributed by atoms with Crippen LogP contribution in [0.5, 0.6) is 0 Å². The molecule has 7 nitrogen and oxygen atoms in total. The molecular formula is C52H62N4O3. The summed E-state index contributed by atoms with van der Waals surface area (Å²) in [6.45, 7) is 1.67. The Hall–Kier alpha value is -4.85. The second-order valence-electron chi connectivity index (χ2n) is 18.5. The maximum Gasteiger partial charge on any atom is 0.242 e. The van der Waals surface area contributed by atoms with E-state index in [1.54, 1.807) is 0 Å². The molecule has 0 heterocycles. The first-order valence-electron chi connectivity index (χ1n) is 22.3. The number of ketones is 1. The summed E-state index contributed by atoms with van der Waals surface area (Å²) in [5.74, 6) is 1.92. The lowest BCUT2D eigenvalue weighted by Crippen LogP contribution is -2.50. The van der Waals surface area contributed by atoms with Crippen LogP contribution in [0.15, 0.2) is 115 Å². The predicted molar refractivity (Wildman–Crippen MR) is 238 cm³/mol. The number of hydrogen-bond acceptors (Lipinski definition) is 5. The molecule has 5 aromatic carbocycles. The molecule has 59 heavy (non-hydrogen) atoms. The topological polar surface area (TPSA) is 110 Å². The van der Waals surface area contributed by atoms with Crippen LogP contribution in [0.4, 0.5) is 0 Å². The Bertz CT molecular complexity index is 2110. The van der Waals surface area contributed by atoms with Crippen molar-refractivity contribution in [2.24, 2.45) is 40.6 Å². The lowest BCUT2D eigenvalue weighted by molar-refractivity contribution is -0.146. The molecule has 0 aromatic heterocycles. The van der Waals surface area contributed by atoms with Crippen LogP contribution in [-0.4, -0.2) is 53.1 Å². The van der Waals surface area contributed by atoms with Crippen LogP contribution in [0, 0.1) is 29.1 Å². The Balaban J connectivity index is 1.11. The molecule has 4 bridgehead atoms. The highest BCUT2D eigenvalue weighted by Gasteiger charge is 2.52. The Morgan fingerprint density at radius 3 is 1.76 bits per heavy atom. The van der Waals surface area contributed by atoms with Gasteiger partial charge in [-0.25, -0.2) is 0 Å². The number of rotatable bonds is 19. The molecule has 2 atom stereocenters. The van der Waals surface area contributed by atoms with E-state index in [1.807, 2.05) is 52.3 Å². The number of amides is 2. The molecule has 5 aromatic rings. The Morgan fingerprint density at radius 1 is 0.644 bits per heavy atom. The van der Waals surface area contributed by atoms with E-state index in [0.29, 0.717) is 63.2 Å². The van der Waals surface area contributed by atoms with E-state index < -0.39 is 6.04 Å². The van der Waals surface area contributed by atoms with E-state index in [1.165, 1.54) is 19.3 Å². The monoisotopic (exact) mass is 790 g/mol. The van der Waals surface area contributed by atoms with Gasteiger partial charge >= 0.3 is 0 Å². The number of nitrogens with two attached hydrogens (primary N) is 2. The largest absolute Gasteiger partial charge is 0.333 e. The lowest BCUT2D eigenvalue weighted by Gasteiger charge is -2.57. The molecule has 4 aliphatic carbocycles. The van der Waals surface area contributed by atoms with Crippen molar-refractivity contribution < 1.29 is 14.4 Å². The minimum absolute atomic E-state index is 0.00875. The highest BCUT2D eigenvalue weighted by molar-refractivity contribution is 5.89. The van der Waals surface area contributed by atoms with Crippen LogP contribution in [0.3, 0.4) is 0 Å². The normalized spacial score (nSPS) is 21.7. The minimum Gasteiger partial charge on any atom is -0.333 e. The zero-order valence-electron chi connectivity index (χ0n) is 34.7. The van der Waals surface area contributed by atoms with Gasteiger partial charge < -0.3 is 21.3 Å². The number of hydrogen-bond donors (Lipinski definition) is 2. The highest BCUT2D eigenvalue weighted by atomic mass is 16.2. The van der Waals surface area contributed by atoms with Gasteiger partial charge in [0.2, 0.25) is 11.8 Å². The van der Waals surface area contributed by atoms with E-state index in [9.17, 15) is 4.79 Å². The van der Waals surface area contributed by atoms with Gasteiger partial charge in [0.1, 0.15) is 5.78 Å². The third-order valence-corrected chi connectivity index (χ3v) is 13.9. The zero-order valence-corrected chi connectivity index (χ0v) is 34.7. The van der Waals surface area contributed by atoms with Gasteiger partial charge in [-0.2, -0.15) is 0 Å². The van der Waals surface area contributed by atoms with Crippen molar-refractivity contribution in [2.45, 2.75) is 96.2 Å². The van der Waals surface area contributed by atoms with Gasteiger partial charge in [-0.15, -0.1) is 0 Å². The zero-order chi connectivity index (χ0) is 40.8. The Morgan fingerprint density at radius 2 is 1.19 bits per heavy atom. The summed E-state index contributed by atoms with van der Waals surface area (Å²) in [5, 5.41) is 4.49. The number of unbranched alkanes of at least 4 members (excludes halogenated alkanes) is 1. The van der Waals surface area contributed by atoms with Gasteiger partial charge in [-0.05, 0) is 132 Å². The number of nitrogens with zero attached hydrogens (tertiary/aromatic N) is 2. The summed E-state index contributed by atoms with van der Waals surface area (Å²) in [4.78, 5) is 47.8. The SMILES string of the molecule is NCCCC[C@H](N)C(=O)C[C@@H](Cc1ccccc1)CN(CC(=O)N(Cc1cccc2ccccc12)Cc1cccc2ccccc12)C(=O)CC12CC3CC(CC(C3)C1)C2. The molecule has 308 valence electrons. The van der Waals surface area contributed by atoms with Gasteiger partial charge in [-0.3, -0.25) is 14.4 Å². The maximum absolute atomic E-state index is 15.2. The molecule has 4 aliphatic rings. The van der Waals surface area contributed by atoms with E-state index in [-0.39, 0.29) is 41.9 Å². The standard InChI is InChI=1S/C52H62N4O3/c53-23-9-8-22-48(54)49(57)28-41(24-37-12-2-1-3-13-37)33-55(50(58)32-52-29-38-25-39(30-52)27-40(26-38)31-52)36-51(59)56(34-44-18-10-16-42-14-4-6-20-46(42)44)35-45-19-11-17-43-15-5-7-21-47(43)45/h1-7,10-21,38-41,48H,8-9,22-36,53-54H2/t38?,39?,40?,41-,48+,52?/m1/s1. The van der Waals surface area contributed by atoms with Crippen molar-refractivity contribution in [1.82, 2.24) is 9.80 Å². The number of carbonyl (C=O) groups excluding carboxylic acids is 3. The van der Waals surface area contributed by atoms with Crippen molar-refractivity contribution in [3.8, 4) is 0 Å². The second kappa shape index (κ2) is 18.6. The van der Waals surface area contributed by atoms with Gasteiger partial charge in [0.15, 0.2) is 0 Å². The number of carbonyl (C=O) groups is 3. The number of benzene rings is 5. The first kappa shape index (κ1) is 40.9. The second-order valence-corrected chi connectivity index (χ2v) is 18.5. The molecule has 0 radical (unpaired) electrons. The van der Waals surface area contributed by atoms with Crippen molar-refractivity contribution in [3.63, 3.8) is 0 Å². The van der Waals surface area contributed by atoms with Gasteiger partial charge in [0, 0.05) is 32.5 Å². The third kappa shape index (κ3) is 9.96. The first-order chi connectivity index (χ1) is 28.7. The van der Waals surface area contributed by atoms with Crippen LogP contribution in [0.1, 0.15) is 87.3 Å². The first-order valence-corrected chi connectivity index (χ1v) is 22.3. The summed E-state index contributed by atoms with van der Waals surface area (Å²) in [6.07, 6.45) is 10.8. The Kier molecular flexibility index (Phi) is 12.9. The van der Waals surface area contributed by atoms with Crippen molar-refractivity contribution >= 4 is 39.1 Å². The van der Waals surface area contributed by atoms with E-state index in [0.717, 1.165) is 70.3 Å². The minimum atomic E-state index is -0.575.